The number of likely N-dealkylation sites (N-methyl/N-ethyl adjacent to an activating group) is 1. The summed E-state index contributed by atoms with van der Waals surface area (Å²) in [5.41, 5.74) is 1.20. The molecule has 2 aromatic rings. The number of nitrogens with one attached hydrogen (secondary N) is 1. The van der Waals surface area contributed by atoms with Crippen molar-refractivity contribution in [2.75, 3.05) is 25.6 Å². The topological polar surface area (TPSA) is 67.9 Å². The molecule has 0 aliphatic carbocycles. The number of hydrogen-bond donors (Lipinski definition) is 1. The summed E-state index contributed by atoms with van der Waals surface area (Å²) in [6.07, 6.45) is -0.560. The number of rotatable bonds is 7. The largest absolute Gasteiger partial charge is 0.484 e. The number of carbonyl (C=O) groups is 2. The fraction of sp³-hybridized carbons (Fsp3) is 0.263. The van der Waals surface area contributed by atoms with Crippen LogP contribution in [0, 0.1) is 5.82 Å². The molecule has 0 radical (unpaired) electrons. The van der Waals surface area contributed by atoms with E-state index in [1.165, 1.54) is 17.0 Å². The van der Waals surface area contributed by atoms with Gasteiger partial charge in [-0.15, -0.1) is 0 Å². The van der Waals surface area contributed by atoms with Gasteiger partial charge in [0.1, 0.15) is 11.6 Å². The summed E-state index contributed by atoms with van der Waals surface area (Å²) in [4.78, 5) is 25.0. The van der Waals surface area contributed by atoms with E-state index in [-0.39, 0.29) is 31.5 Å². The number of ether oxygens (including phenoxy) is 2. The van der Waals surface area contributed by atoms with Gasteiger partial charge in [-0.3, -0.25) is 10.1 Å². The smallest absolute Gasteiger partial charge is 0.411 e. The van der Waals surface area contributed by atoms with Crippen LogP contribution in [0.3, 0.4) is 0 Å². The molecule has 2 amide bonds. The first-order valence-electron chi connectivity index (χ1n) is 8.13. The third kappa shape index (κ3) is 6.08. The average Bonchev–Trinajstić information content (AvgIpc) is 2.60. The van der Waals surface area contributed by atoms with E-state index in [2.05, 4.69) is 5.32 Å². The van der Waals surface area contributed by atoms with Crippen LogP contribution in [-0.2, 0) is 16.1 Å². The van der Waals surface area contributed by atoms with Crippen LogP contribution in [0.15, 0.2) is 48.5 Å². The lowest BCUT2D eigenvalue weighted by Crippen LogP contribution is -2.31. The zero-order valence-corrected chi connectivity index (χ0v) is 14.7. The fourth-order valence-electron chi connectivity index (χ4n) is 2.20. The Kier molecular flexibility index (Phi) is 6.96. The highest BCUT2D eigenvalue weighted by Gasteiger charge is 2.11. The molecule has 0 heterocycles. The Bertz CT molecular complexity index is 767. The van der Waals surface area contributed by atoms with Gasteiger partial charge < -0.3 is 14.4 Å². The molecule has 0 spiro atoms. The minimum Gasteiger partial charge on any atom is -0.484 e. The van der Waals surface area contributed by atoms with Crippen molar-refractivity contribution in [1.82, 2.24) is 4.90 Å². The van der Waals surface area contributed by atoms with Crippen molar-refractivity contribution in [3.8, 4) is 5.75 Å². The fourth-order valence-corrected chi connectivity index (χ4v) is 2.20. The van der Waals surface area contributed by atoms with E-state index in [0.717, 1.165) is 0 Å². The number of hydrogen-bond acceptors (Lipinski definition) is 4. The summed E-state index contributed by atoms with van der Waals surface area (Å²) in [6.45, 7) is 2.10. The van der Waals surface area contributed by atoms with Gasteiger partial charge in [-0.1, -0.05) is 18.2 Å². The van der Waals surface area contributed by atoms with Crippen LogP contribution in [0.4, 0.5) is 14.9 Å². The number of amides is 2. The number of anilines is 1. The summed E-state index contributed by atoms with van der Waals surface area (Å²) in [5.74, 6) is -0.157. The van der Waals surface area contributed by atoms with Crippen LogP contribution >= 0.6 is 0 Å². The Labute approximate surface area is 151 Å². The van der Waals surface area contributed by atoms with Gasteiger partial charge in [-0.2, -0.15) is 0 Å². The lowest BCUT2D eigenvalue weighted by molar-refractivity contribution is -0.132. The molecule has 138 valence electrons. The summed E-state index contributed by atoms with van der Waals surface area (Å²) in [7, 11) is 1.62. The van der Waals surface area contributed by atoms with E-state index in [4.69, 9.17) is 9.47 Å². The third-order valence-electron chi connectivity index (χ3n) is 3.45. The Hall–Kier alpha value is -3.09. The minimum absolute atomic E-state index is 0.172. The van der Waals surface area contributed by atoms with Crippen LogP contribution < -0.4 is 10.1 Å². The molecule has 0 aromatic heterocycles. The van der Waals surface area contributed by atoms with Gasteiger partial charge in [0.2, 0.25) is 0 Å². The Morgan fingerprint density at radius 1 is 1.15 bits per heavy atom. The number of halogens is 1. The van der Waals surface area contributed by atoms with Gasteiger partial charge >= 0.3 is 6.09 Å². The monoisotopic (exact) mass is 360 g/mol. The van der Waals surface area contributed by atoms with E-state index in [1.807, 2.05) is 0 Å². The molecule has 0 aliphatic heterocycles. The summed E-state index contributed by atoms with van der Waals surface area (Å²) >= 11 is 0. The molecule has 2 aromatic carbocycles. The van der Waals surface area contributed by atoms with Crippen LogP contribution in [0.1, 0.15) is 12.5 Å². The first-order chi connectivity index (χ1) is 12.5. The van der Waals surface area contributed by atoms with Crippen LogP contribution in [0.5, 0.6) is 5.75 Å². The average molecular weight is 360 g/mol. The predicted molar refractivity (Wildman–Crippen MR) is 95.5 cm³/mol. The highest BCUT2D eigenvalue weighted by molar-refractivity contribution is 5.84. The molecule has 0 atom stereocenters. The quantitative estimate of drug-likeness (QED) is 0.821. The first kappa shape index (κ1) is 19.2. The molecule has 6 nitrogen and oxygen atoms in total. The van der Waals surface area contributed by atoms with E-state index in [9.17, 15) is 14.0 Å². The number of nitrogens with zero attached hydrogens (tertiary/aromatic N) is 1. The van der Waals surface area contributed by atoms with Gasteiger partial charge in [0.25, 0.3) is 5.91 Å². The molecule has 1 N–H and O–H groups in total. The minimum atomic E-state index is -0.560. The molecule has 0 fully saturated rings. The Morgan fingerprint density at radius 2 is 1.92 bits per heavy atom. The zero-order valence-electron chi connectivity index (χ0n) is 14.7. The van der Waals surface area contributed by atoms with Crippen LogP contribution in [0.25, 0.3) is 0 Å². The SMILES string of the molecule is CCOC(=O)Nc1cccc(OCC(=O)N(C)Cc2cccc(F)c2)c1. The second-order valence-corrected chi connectivity index (χ2v) is 5.54. The summed E-state index contributed by atoms with van der Waals surface area (Å²) in [6, 6.07) is 12.7. The Balaban J connectivity index is 1.87. The zero-order chi connectivity index (χ0) is 18.9. The number of benzene rings is 2. The molecule has 0 aliphatic rings. The molecule has 0 saturated carbocycles. The molecule has 26 heavy (non-hydrogen) atoms. The van der Waals surface area contributed by atoms with E-state index in [0.29, 0.717) is 17.0 Å². The highest BCUT2D eigenvalue weighted by atomic mass is 19.1. The van der Waals surface area contributed by atoms with Gasteiger partial charge in [-0.25, -0.2) is 9.18 Å². The van der Waals surface area contributed by atoms with Crippen molar-refractivity contribution in [1.29, 1.82) is 0 Å². The summed E-state index contributed by atoms with van der Waals surface area (Å²) < 4.78 is 23.5. The van der Waals surface area contributed by atoms with E-state index < -0.39 is 6.09 Å². The van der Waals surface area contributed by atoms with Crippen LogP contribution in [0.2, 0.25) is 0 Å². The predicted octanol–water partition coefficient (Wildman–Crippen LogP) is 3.43. The van der Waals surface area contributed by atoms with Gasteiger partial charge in [0.15, 0.2) is 6.61 Å². The van der Waals surface area contributed by atoms with E-state index in [1.54, 1.807) is 50.4 Å². The maximum absolute atomic E-state index is 13.2. The van der Waals surface area contributed by atoms with Gasteiger partial charge in [-0.05, 0) is 36.8 Å². The second-order valence-electron chi connectivity index (χ2n) is 5.54. The van der Waals surface area contributed by atoms with Crippen LogP contribution in [-0.4, -0.2) is 37.2 Å². The number of carbonyl (C=O) groups excluding carboxylic acids is 2. The molecule has 0 unspecified atom stereocenters. The van der Waals surface area contributed by atoms with Crippen molar-refractivity contribution >= 4 is 17.7 Å². The summed E-state index contributed by atoms with van der Waals surface area (Å²) in [5, 5.41) is 2.56. The lowest BCUT2D eigenvalue weighted by atomic mass is 10.2. The van der Waals surface area contributed by atoms with Crippen molar-refractivity contribution in [3.63, 3.8) is 0 Å². The maximum atomic E-state index is 13.2. The van der Waals surface area contributed by atoms with Gasteiger partial charge in [0, 0.05) is 25.3 Å². The van der Waals surface area contributed by atoms with Crippen molar-refractivity contribution in [2.24, 2.45) is 0 Å². The Morgan fingerprint density at radius 3 is 2.65 bits per heavy atom. The normalized spacial score (nSPS) is 10.1. The maximum Gasteiger partial charge on any atom is 0.411 e. The second kappa shape index (κ2) is 9.41. The highest BCUT2D eigenvalue weighted by Crippen LogP contribution is 2.17. The molecule has 0 saturated heterocycles. The molecular weight excluding hydrogens is 339 g/mol. The molecule has 2 rings (SSSR count). The molecule has 7 heteroatoms. The first-order valence-corrected chi connectivity index (χ1v) is 8.13. The van der Waals surface area contributed by atoms with Crippen molar-refractivity contribution in [3.05, 3.63) is 59.9 Å². The lowest BCUT2D eigenvalue weighted by Gasteiger charge is -2.18. The van der Waals surface area contributed by atoms with Crippen molar-refractivity contribution < 1.29 is 23.5 Å². The molecular formula is C19H21FN2O4. The third-order valence-corrected chi connectivity index (χ3v) is 3.45. The van der Waals surface area contributed by atoms with Crippen molar-refractivity contribution in [2.45, 2.75) is 13.5 Å². The molecule has 0 bridgehead atoms. The standard InChI is InChI=1S/C19H21FN2O4/c1-3-25-19(24)21-16-8-5-9-17(11-16)26-13-18(23)22(2)12-14-6-4-7-15(20)10-14/h4-11H,3,12-13H2,1-2H3,(H,21,24). The van der Waals surface area contributed by atoms with E-state index >= 15 is 0 Å². The van der Waals surface area contributed by atoms with Gasteiger partial charge in [0.05, 0.1) is 6.61 Å².